The van der Waals surface area contributed by atoms with E-state index in [0.717, 1.165) is 11.2 Å². The lowest BCUT2D eigenvalue weighted by Gasteiger charge is -2.30. The molecule has 16 heavy (non-hydrogen) atoms. The van der Waals surface area contributed by atoms with Crippen LogP contribution in [0.25, 0.3) is 0 Å². The summed E-state index contributed by atoms with van der Waals surface area (Å²) in [5.41, 5.74) is -0.961. The minimum absolute atomic E-state index is 0.120. The molecule has 0 bridgehead atoms. The predicted molar refractivity (Wildman–Crippen MR) is 54.5 cm³/mol. The largest absolute Gasteiger partial charge is 0.465 e. The molecule has 1 amide bonds. The van der Waals surface area contributed by atoms with Crippen molar-refractivity contribution < 1.29 is 27.2 Å². The Morgan fingerprint density at radius 3 is 2.62 bits per heavy atom. The van der Waals surface area contributed by atoms with E-state index in [1.807, 2.05) is 0 Å². The fourth-order valence-electron chi connectivity index (χ4n) is 1.60. The van der Waals surface area contributed by atoms with Gasteiger partial charge in [0.1, 0.15) is 5.72 Å². The summed E-state index contributed by atoms with van der Waals surface area (Å²) in [4.78, 5) is 12.0. The van der Waals surface area contributed by atoms with E-state index in [1.165, 1.54) is 0 Å². The van der Waals surface area contributed by atoms with Crippen molar-refractivity contribution in [2.24, 2.45) is 0 Å². The van der Waals surface area contributed by atoms with E-state index in [1.54, 1.807) is 13.8 Å². The second kappa shape index (κ2) is 4.19. The monoisotopic (exact) mass is 253 g/mol. The summed E-state index contributed by atoms with van der Waals surface area (Å²) in [6.07, 6.45) is -0.247. The Labute approximate surface area is 94.1 Å². The van der Waals surface area contributed by atoms with Gasteiger partial charge in [-0.1, -0.05) is 0 Å². The topological polar surface area (TPSA) is 93.1 Å². The number of nitrogens with zero attached hydrogens (tertiary/aromatic N) is 1. The van der Waals surface area contributed by atoms with Crippen LogP contribution in [0.3, 0.4) is 0 Å². The molecule has 0 aromatic heterocycles. The minimum Gasteiger partial charge on any atom is -0.465 e. The summed E-state index contributed by atoms with van der Waals surface area (Å²) < 4.78 is 31.4. The maximum atomic E-state index is 11.0. The number of hydrogen-bond donors (Lipinski definition) is 1. The van der Waals surface area contributed by atoms with Crippen LogP contribution in [0.1, 0.15) is 13.8 Å². The van der Waals surface area contributed by atoms with Gasteiger partial charge in [0.15, 0.2) is 0 Å². The average Bonchev–Trinajstić information content (AvgIpc) is 2.36. The first kappa shape index (κ1) is 13.2. The quantitative estimate of drug-likeness (QED) is 0.716. The van der Waals surface area contributed by atoms with Gasteiger partial charge in [-0.3, -0.25) is 9.08 Å². The first-order valence-electron chi connectivity index (χ1n) is 4.64. The molecule has 0 aliphatic carbocycles. The van der Waals surface area contributed by atoms with Gasteiger partial charge < -0.3 is 9.84 Å². The Hall–Kier alpha value is -0.860. The molecule has 1 aliphatic heterocycles. The number of amides is 1. The summed E-state index contributed by atoms with van der Waals surface area (Å²) in [6.45, 7) is 3.09. The summed E-state index contributed by atoms with van der Waals surface area (Å²) in [5, 5.41) is 8.99. The van der Waals surface area contributed by atoms with E-state index in [-0.39, 0.29) is 13.2 Å². The summed E-state index contributed by atoms with van der Waals surface area (Å²) in [7, 11) is -3.57. The zero-order valence-corrected chi connectivity index (χ0v) is 10.2. The molecule has 8 heteroatoms. The zero-order chi connectivity index (χ0) is 12.6. The van der Waals surface area contributed by atoms with Crippen LogP contribution in [0.15, 0.2) is 0 Å². The molecule has 1 fully saturated rings. The fourth-order valence-corrected chi connectivity index (χ4v) is 2.00. The number of rotatable bonds is 3. The van der Waals surface area contributed by atoms with Crippen LogP contribution in [0, 0.1) is 0 Å². The van der Waals surface area contributed by atoms with E-state index in [9.17, 15) is 13.2 Å². The van der Waals surface area contributed by atoms with Gasteiger partial charge in [0.2, 0.25) is 0 Å². The summed E-state index contributed by atoms with van der Waals surface area (Å²) in [6, 6.07) is -0.609. The molecule has 1 rings (SSSR count). The second-order valence-corrected chi connectivity index (χ2v) is 5.70. The highest BCUT2D eigenvalue weighted by atomic mass is 32.2. The van der Waals surface area contributed by atoms with Crippen molar-refractivity contribution in [2.75, 3.05) is 19.5 Å². The molecule has 0 saturated carbocycles. The number of hydrogen-bond acceptors (Lipinski definition) is 5. The van der Waals surface area contributed by atoms with Crippen molar-refractivity contribution in [1.29, 1.82) is 0 Å². The molecule has 0 aromatic carbocycles. The van der Waals surface area contributed by atoms with Crippen molar-refractivity contribution in [2.45, 2.75) is 25.6 Å². The smallest absolute Gasteiger partial charge is 0.409 e. The third kappa shape index (κ3) is 3.06. The van der Waals surface area contributed by atoms with Crippen LogP contribution in [0.4, 0.5) is 4.79 Å². The molecule has 1 heterocycles. The van der Waals surface area contributed by atoms with Crippen LogP contribution < -0.4 is 0 Å². The minimum atomic E-state index is -3.57. The molecule has 0 spiro atoms. The number of carbonyl (C=O) groups is 1. The summed E-state index contributed by atoms with van der Waals surface area (Å²) in [5.74, 6) is 0. The van der Waals surface area contributed by atoms with Crippen molar-refractivity contribution >= 4 is 16.2 Å². The zero-order valence-electron chi connectivity index (χ0n) is 9.34. The lowest BCUT2D eigenvalue weighted by molar-refractivity contribution is -0.0429. The molecule has 94 valence electrons. The van der Waals surface area contributed by atoms with Crippen molar-refractivity contribution in [3.05, 3.63) is 0 Å². The van der Waals surface area contributed by atoms with Crippen molar-refractivity contribution in [1.82, 2.24) is 4.90 Å². The SMILES string of the molecule is CC1(C)OCC(COS(C)(=O)=O)N1C(=O)O. The molecule has 1 aliphatic rings. The second-order valence-electron chi connectivity index (χ2n) is 4.05. The Morgan fingerprint density at radius 1 is 1.62 bits per heavy atom. The van der Waals surface area contributed by atoms with E-state index in [0.29, 0.717) is 0 Å². The van der Waals surface area contributed by atoms with Crippen LogP contribution in [-0.2, 0) is 19.0 Å². The van der Waals surface area contributed by atoms with Gasteiger partial charge in [0.25, 0.3) is 10.1 Å². The van der Waals surface area contributed by atoms with Gasteiger partial charge in [-0.05, 0) is 13.8 Å². The van der Waals surface area contributed by atoms with Crippen LogP contribution in [0.5, 0.6) is 0 Å². The number of carboxylic acid groups (broad SMARTS) is 1. The van der Waals surface area contributed by atoms with Crippen LogP contribution in [0.2, 0.25) is 0 Å². The van der Waals surface area contributed by atoms with Crippen molar-refractivity contribution in [3.8, 4) is 0 Å². The van der Waals surface area contributed by atoms with Crippen LogP contribution in [-0.4, -0.2) is 55.8 Å². The molecule has 1 atom stereocenters. The normalized spacial score (nSPS) is 24.7. The lowest BCUT2D eigenvalue weighted by Crippen LogP contribution is -2.48. The Balaban J connectivity index is 2.71. The number of ether oxygens (including phenoxy) is 1. The standard InChI is InChI=1S/C8H15NO6S/c1-8(2)9(7(10)11)6(4-14-8)5-15-16(3,12)13/h6H,4-5H2,1-3H3,(H,10,11). The molecule has 7 nitrogen and oxygen atoms in total. The molecular weight excluding hydrogens is 238 g/mol. The third-order valence-electron chi connectivity index (χ3n) is 2.25. The predicted octanol–water partition coefficient (Wildman–Crippen LogP) is 0.0775. The van der Waals surface area contributed by atoms with Crippen molar-refractivity contribution in [3.63, 3.8) is 0 Å². The molecule has 1 saturated heterocycles. The Bertz CT molecular complexity index is 376. The van der Waals surface area contributed by atoms with Gasteiger partial charge >= 0.3 is 6.09 Å². The molecular formula is C8H15NO6S. The van der Waals surface area contributed by atoms with E-state index < -0.39 is 28.0 Å². The van der Waals surface area contributed by atoms with Gasteiger partial charge in [-0.25, -0.2) is 4.79 Å². The van der Waals surface area contributed by atoms with Gasteiger partial charge in [-0.2, -0.15) is 8.42 Å². The Morgan fingerprint density at radius 2 is 2.19 bits per heavy atom. The van der Waals surface area contributed by atoms with E-state index in [2.05, 4.69) is 4.18 Å². The highest BCUT2D eigenvalue weighted by Crippen LogP contribution is 2.27. The summed E-state index contributed by atoms with van der Waals surface area (Å²) >= 11 is 0. The van der Waals surface area contributed by atoms with Gasteiger partial charge in [0, 0.05) is 0 Å². The first-order valence-corrected chi connectivity index (χ1v) is 6.46. The molecule has 0 radical (unpaired) electrons. The highest BCUT2D eigenvalue weighted by molar-refractivity contribution is 7.85. The van der Waals surface area contributed by atoms with Gasteiger partial charge in [0.05, 0.1) is 25.5 Å². The lowest BCUT2D eigenvalue weighted by atomic mass is 10.2. The van der Waals surface area contributed by atoms with E-state index in [4.69, 9.17) is 9.84 Å². The van der Waals surface area contributed by atoms with Gasteiger partial charge in [-0.15, -0.1) is 0 Å². The molecule has 1 N–H and O–H groups in total. The van der Waals surface area contributed by atoms with E-state index >= 15 is 0 Å². The maximum absolute atomic E-state index is 11.0. The highest BCUT2D eigenvalue weighted by Gasteiger charge is 2.44. The molecule has 0 aromatic rings. The molecule has 1 unspecified atom stereocenters. The first-order chi connectivity index (χ1) is 7.13. The fraction of sp³-hybridized carbons (Fsp3) is 0.875. The average molecular weight is 253 g/mol. The Kier molecular flexibility index (Phi) is 3.46. The third-order valence-corrected chi connectivity index (χ3v) is 2.82. The van der Waals surface area contributed by atoms with Crippen LogP contribution >= 0.6 is 0 Å². The maximum Gasteiger partial charge on any atom is 0.409 e.